The molecule has 0 aromatic heterocycles. The maximum atomic E-state index is 11.8. The molecule has 86 valence electrons. The number of hydrogen-bond acceptors (Lipinski definition) is 2. The van der Waals surface area contributed by atoms with E-state index in [1.54, 1.807) is 6.08 Å². The first-order chi connectivity index (χ1) is 7.04. The highest BCUT2D eigenvalue weighted by molar-refractivity contribution is 5.88. The van der Waals surface area contributed by atoms with Crippen molar-refractivity contribution in [3.8, 4) is 0 Å². The van der Waals surface area contributed by atoms with Gasteiger partial charge in [0.1, 0.15) is 0 Å². The van der Waals surface area contributed by atoms with Crippen molar-refractivity contribution in [2.24, 2.45) is 0 Å². The third-order valence-corrected chi connectivity index (χ3v) is 2.90. The summed E-state index contributed by atoms with van der Waals surface area (Å²) in [5, 5.41) is 0. The highest BCUT2D eigenvalue weighted by atomic mass is 16.2. The molecule has 0 aromatic carbocycles. The minimum Gasteiger partial charge on any atom is -0.336 e. The van der Waals surface area contributed by atoms with Crippen molar-refractivity contribution in [1.82, 2.24) is 9.80 Å². The van der Waals surface area contributed by atoms with Crippen LogP contribution in [-0.2, 0) is 4.79 Å². The quantitative estimate of drug-likeness (QED) is 0.645. The van der Waals surface area contributed by atoms with Crippen molar-refractivity contribution in [2.75, 3.05) is 26.2 Å². The highest BCUT2D eigenvalue weighted by Crippen LogP contribution is 2.09. The van der Waals surface area contributed by atoms with Crippen LogP contribution in [0.1, 0.15) is 27.7 Å². The summed E-state index contributed by atoms with van der Waals surface area (Å²) < 4.78 is 0. The molecule has 0 radical (unpaired) electrons. The van der Waals surface area contributed by atoms with Crippen molar-refractivity contribution >= 4 is 5.91 Å². The summed E-state index contributed by atoms with van der Waals surface area (Å²) in [6.45, 7) is 12.1. The Morgan fingerprint density at radius 2 is 2.07 bits per heavy atom. The number of hydrogen-bond donors (Lipinski definition) is 0. The van der Waals surface area contributed by atoms with Crippen LogP contribution in [0.2, 0.25) is 0 Å². The second kappa shape index (κ2) is 5.31. The molecule has 1 saturated heterocycles. The molecule has 1 heterocycles. The summed E-state index contributed by atoms with van der Waals surface area (Å²) in [4.78, 5) is 16.1. The molecule has 0 N–H and O–H groups in total. The van der Waals surface area contributed by atoms with Gasteiger partial charge in [-0.15, -0.1) is 0 Å². The van der Waals surface area contributed by atoms with E-state index in [1.165, 1.54) is 0 Å². The fourth-order valence-electron chi connectivity index (χ4n) is 2.00. The molecule has 1 aliphatic rings. The zero-order chi connectivity index (χ0) is 11.4. The number of rotatable bonds is 2. The van der Waals surface area contributed by atoms with Gasteiger partial charge in [-0.05, 0) is 27.3 Å². The van der Waals surface area contributed by atoms with E-state index in [4.69, 9.17) is 0 Å². The Balaban J connectivity index is 2.54. The maximum absolute atomic E-state index is 11.8. The first-order valence-corrected chi connectivity index (χ1v) is 5.72. The van der Waals surface area contributed by atoms with E-state index >= 15 is 0 Å². The summed E-state index contributed by atoms with van der Waals surface area (Å²) in [7, 11) is 0. The summed E-state index contributed by atoms with van der Waals surface area (Å²) in [6, 6.07) is 0.485. The molecule has 1 rings (SSSR count). The molecule has 1 atom stereocenters. The lowest BCUT2D eigenvalue weighted by Crippen LogP contribution is -2.53. The van der Waals surface area contributed by atoms with E-state index in [9.17, 15) is 4.79 Å². The molecule has 1 fully saturated rings. The Labute approximate surface area is 92.7 Å². The summed E-state index contributed by atoms with van der Waals surface area (Å²) >= 11 is 0. The van der Waals surface area contributed by atoms with Crippen molar-refractivity contribution in [1.29, 1.82) is 0 Å². The van der Waals surface area contributed by atoms with Crippen molar-refractivity contribution in [3.63, 3.8) is 0 Å². The van der Waals surface area contributed by atoms with Gasteiger partial charge in [-0.3, -0.25) is 9.69 Å². The molecule has 1 aliphatic heterocycles. The summed E-state index contributed by atoms with van der Waals surface area (Å²) in [5.41, 5.74) is 1.07. The van der Waals surface area contributed by atoms with Crippen molar-refractivity contribution in [3.05, 3.63) is 11.6 Å². The van der Waals surface area contributed by atoms with Crippen LogP contribution in [0.5, 0.6) is 0 Å². The van der Waals surface area contributed by atoms with Gasteiger partial charge >= 0.3 is 0 Å². The Bertz CT molecular complexity index is 256. The number of piperazine rings is 1. The third-order valence-electron chi connectivity index (χ3n) is 2.90. The molecule has 15 heavy (non-hydrogen) atoms. The van der Waals surface area contributed by atoms with Crippen molar-refractivity contribution < 1.29 is 4.79 Å². The van der Waals surface area contributed by atoms with Crippen LogP contribution in [0.4, 0.5) is 0 Å². The maximum Gasteiger partial charge on any atom is 0.246 e. The van der Waals surface area contributed by atoms with Gasteiger partial charge in [0.05, 0.1) is 0 Å². The Morgan fingerprint density at radius 1 is 1.40 bits per heavy atom. The molecule has 0 saturated carbocycles. The Morgan fingerprint density at radius 3 is 2.53 bits per heavy atom. The molecular formula is C12H22N2O. The van der Waals surface area contributed by atoms with Crippen LogP contribution < -0.4 is 0 Å². The van der Waals surface area contributed by atoms with Gasteiger partial charge in [0.25, 0.3) is 0 Å². The number of allylic oxidation sites excluding steroid dienone is 1. The van der Waals surface area contributed by atoms with Gasteiger partial charge < -0.3 is 4.90 Å². The average Bonchev–Trinajstić information content (AvgIpc) is 2.16. The van der Waals surface area contributed by atoms with Gasteiger partial charge in [-0.25, -0.2) is 0 Å². The zero-order valence-electron chi connectivity index (χ0n) is 10.3. The van der Waals surface area contributed by atoms with E-state index in [0.29, 0.717) is 6.04 Å². The van der Waals surface area contributed by atoms with Crippen LogP contribution >= 0.6 is 0 Å². The van der Waals surface area contributed by atoms with Crippen LogP contribution in [0.15, 0.2) is 11.6 Å². The SMILES string of the molecule is CCN1CCN(C(=O)C=C(C)C)CC1C. The number of carbonyl (C=O) groups excluding carboxylic acids is 1. The number of nitrogens with zero attached hydrogens (tertiary/aromatic N) is 2. The molecule has 3 nitrogen and oxygen atoms in total. The van der Waals surface area contributed by atoms with Crippen LogP contribution in [0.3, 0.4) is 0 Å². The van der Waals surface area contributed by atoms with Gasteiger partial charge in [0, 0.05) is 31.8 Å². The molecule has 0 bridgehead atoms. The standard InChI is InChI=1S/C12H22N2O/c1-5-13-6-7-14(9-11(13)4)12(15)8-10(2)3/h8,11H,5-7,9H2,1-4H3. The second-order valence-electron chi connectivity index (χ2n) is 4.48. The average molecular weight is 210 g/mol. The van der Waals surface area contributed by atoms with Crippen molar-refractivity contribution in [2.45, 2.75) is 33.7 Å². The number of amides is 1. The van der Waals surface area contributed by atoms with E-state index < -0.39 is 0 Å². The molecule has 3 heteroatoms. The van der Waals surface area contributed by atoms with E-state index in [1.807, 2.05) is 18.7 Å². The first kappa shape index (κ1) is 12.2. The molecule has 1 amide bonds. The Hall–Kier alpha value is -0.830. The van der Waals surface area contributed by atoms with Gasteiger partial charge in [0.2, 0.25) is 5.91 Å². The topological polar surface area (TPSA) is 23.6 Å². The number of carbonyl (C=O) groups is 1. The lowest BCUT2D eigenvalue weighted by molar-refractivity contribution is -0.128. The molecule has 0 spiro atoms. The Kier molecular flexibility index (Phi) is 4.33. The molecule has 1 unspecified atom stereocenters. The van der Waals surface area contributed by atoms with E-state index in [0.717, 1.165) is 31.8 Å². The molecule has 0 aliphatic carbocycles. The first-order valence-electron chi connectivity index (χ1n) is 5.72. The number of likely N-dealkylation sites (N-methyl/N-ethyl adjacent to an activating group) is 1. The van der Waals surface area contributed by atoms with Gasteiger partial charge in [0.15, 0.2) is 0 Å². The van der Waals surface area contributed by atoms with Gasteiger partial charge in [-0.2, -0.15) is 0 Å². The second-order valence-corrected chi connectivity index (χ2v) is 4.48. The fraction of sp³-hybridized carbons (Fsp3) is 0.750. The minimum absolute atomic E-state index is 0.164. The third kappa shape index (κ3) is 3.34. The van der Waals surface area contributed by atoms with E-state index in [-0.39, 0.29) is 5.91 Å². The smallest absolute Gasteiger partial charge is 0.246 e. The van der Waals surface area contributed by atoms with Crippen LogP contribution in [0, 0.1) is 0 Å². The predicted octanol–water partition coefficient (Wildman–Crippen LogP) is 1.51. The fourth-order valence-corrected chi connectivity index (χ4v) is 2.00. The van der Waals surface area contributed by atoms with Crippen LogP contribution in [-0.4, -0.2) is 47.9 Å². The molecular weight excluding hydrogens is 188 g/mol. The lowest BCUT2D eigenvalue weighted by atomic mass is 10.2. The van der Waals surface area contributed by atoms with Gasteiger partial charge in [-0.1, -0.05) is 12.5 Å². The predicted molar refractivity (Wildman–Crippen MR) is 62.7 cm³/mol. The zero-order valence-corrected chi connectivity index (χ0v) is 10.3. The summed E-state index contributed by atoms with van der Waals surface area (Å²) in [6.07, 6.45) is 1.73. The highest BCUT2D eigenvalue weighted by Gasteiger charge is 2.24. The molecule has 0 aromatic rings. The lowest BCUT2D eigenvalue weighted by Gasteiger charge is -2.39. The minimum atomic E-state index is 0.164. The normalized spacial score (nSPS) is 22.7. The van der Waals surface area contributed by atoms with Crippen LogP contribution in [0.25, 0.3) is 0 Å². The van der Waals surface area contributed by atoms with E-state index in [2.05, 4.69) is 18.7 Å². The largest absolute Gasteiger partial charge is 0.336 e. The summed E-state index contributed by atoms with van der Waals surface area (Å²) in [5.74, 6) is 0.164. The monoisotopic (exact) mass is 210 g/mol.